The highest BCUT2D eigenvalue weighted by molar-refractivity contribution is 6.07. The number of hydrogen-bond donors (Lipinski definition) is 1. The van der Waals surface area contributed by atoms with Crippen molar-refractivity contribution in [2.24, 2.45) is 5.92 Å². The van der Waals surface area contributed by atoms with Crippen LogP contribution in [0, 0.1) is 5.92 Å². The molecule has 0 aromatic heterocycles. The lowest BCUT2D eigenvalue weighted by Gasteiger charge is -2.03. The van der Waals surface area contributed by atoms with Gasteiger partial charge in [-0.15, -0.1) is 0 Å². The van der Waals surface area contributed by atoms with Crippen molar-refractivity contribution in [3.05, 3.63) is 24.3 Å². The quantitative estimate of drug-likeness (QED) is 0.392. The molecule has 0 spiro atoms. The van der Waals surface area contributed by atoms with Crippen LogP contribution in [0.3, 0.4) is 0 Å². The molecule has 0 heterocycles. The number of rotatable bonds is 4. The Morgan fingerprint density at radius 2 is 2.00 bits per heavy atom. The van der Waals surface area contributed by atoms with Crippen molar-refractivity contribution >= 4 is 11.8 Å². The molecular formula is C9H12O3. The van der Waals surface area contributed by atoms with Gasteiger partial charge in [0.05, 0.1) is 0 Å². The van der Waals surface area contributed by atoms with E-state index in [4.69, 9.17) is 5.11 Å². The molecule has 0 aromatic rings. The molecule has 12 heavy (non-hydrogen) atoms. The summed E-state index contributed by atoms with van der Waals surface area (Å²) in [6.45, 7) is 6.35. The molecule has 3 heteroatoms. The van der Waals surface area contributed by atoms with Crippen molar-refractivity contribution in [3.63, 3.8) is 0 Å². The number of aliphatic carboxylic acids is 1. The Labute approximate surface area is 71.4 Å². The van der Waals surface area contributed by atoms with Gasteiger partial charge < -0.3 is 5.11 Å². The van der Waals surface area contributed by atoms with Gasteiger partial charge in [0.2, 0.25) is 0 Å². The van der Waals surface area contributed by atoms with E-state index in [-0.39, 0.29) is 5.78 Å². The predicted molar refractivity (Wildman–Crippen MR) is 45.8 cm³/mol. The van der Waals surface area contributed by atoms with Crippen LogP contribution in [0.5, 0.6) is 0 Å². The summed E-state index contributed by atoms with van der Waals surface area (Å²) in [6.07, 6.45) is 2.96. The number of carboxylic acids is 1. The first-order valence-corrected chi connectivity index (χ1v) is 3.57. The molecule has 1 atom stereocenters. The standard InChI is InChI=1S/C9H12O3/c1-4-5-6(2)8(10)7(3)9(11)12/h4-5,7H,1H2,2-3H3,(H,11,12)/b6-5+. The van der Waals surface area contributed by atoms with Crippen LogP contribution in [0.15, 0.2) is 24.3 Å². The van der Waals surface area contributed by atoms with Crippen molar-refractivity contribution in [1.82, 2.24) is 0 Å². The third-order valence-electron chi connectivity index (χ3n) is 1.52. The molecule has 1 unspecified atom stereocenters. The fourth-order valence-corrected chi connectivity index (χ4v) is 0.713. The summed E-state index contributed by atoms with van der Waals surface area (Å²) in [6, 6.07) is 0. The van der Waals surface area contributed by atoms with E-state index in [9.17, 15) is 9.59 Å². The van der Waals surface area contributed by atoms with Crippen molar-refractivity contribution in [2.45, 2.75) is 13.8 Å². The molecule has 0 aliphatic rings. The summed E-state index contributed by atoms with van der Waals surface area (Å²) in [5, 5.41) is 8.50. The van der Waals surface area contributed by atoms with Crippen LogP contribution in [-0.4, -0.2) is 16.9 Å². The molecule has 0 aliphatic carbocycles. The topological polar surface area (TPSA) is 54.4 Å². The molecule has 0 fully saturated rings. The van der Waals surface area contributed by atoms with Gasteiger partial charge in [0, 0.05) is 0 Å². The van der Waals surface area contributed by atoms with E-state index in [2.05, 4.69) is 6.58 Å². The Morgan fingerprint density at radius 1 is 1.50 bits per heavy atom. The van der Waals surface area contributed by atoms with Gasteiger partial charge in [-0.25, -0.2) is 0 Å². The Bertz CT molecular complexity index is 238. The largest absolute Gasteiger partial charge is 0.481 e. The maximum absolute atomic E-state index is 11.2. The van der Waals surface area contributed by atoms with E-state index in [1.54, 1.807) is 6.92 Å². The SMILES string of the molecule is C=C/C=C(\C)C(=O)C(C)C(=O)O. The fraction of sp³-hybridized carbons (Fsp3) is 0.333. The molecule has 66 valence electrons. The third kappa shape index (κ3) is 2.70. The lowest BCUT2D eigenvalue weighted by molar-refractivity contribution is -0.144. The fourth-order valence-electron chi connectivity index (χ4n) is 0.713. The maximum atomic E-state index is 11.2. The van der Waals surface area contributed by atoms with E-state index in [0.717, 1.165) is 0 Å². The molecule has 0 radical (unpaired) electrons. The van der Waals surface area contributed by atoms with Gasteiger partial charge in [0.25, 0.3) is 0 Å². The molecule has 0 bridgehead atoms. The number of hydrogen-bond acceptors (Lipinski definition) is 2. The Hall–Kier alpha value is -1.38. The summed E-state index contributed by atoms with van der Waals surface area (Å²) in [5.74, 6) is -2.44. The number of carbonyl (C=O) groups is 2. The molecule has 1 N–H and O–H groups in total. The zero-order chi connectivity index (χ0) is 9.72. The van der Waals surface area contributed by atoms with Gasteiger partial charge in [-0.1, -0.05) is 18.7 Å². The molecule has 0 aliphatic heterocycles. The van der Waals surface area contributed by atoms with Crippen molar-refractivity contribution in [3.8, 4) is 0 Å². The smallest absolute Gasteiger partial charge is 0.314 e. The van der Waals surface area contributed by atoms with Gasteiger partial charge in [0.1, 0.15) is 5.92 Å². The van der Waals surface area contributed by atoms with Gasteiger partial charge in [-0.3, -0.25) is 9.59 Å². The van der Waals surface area contributed by atoms with Crippen LogP contribution >= 0.6 is 0 Å². The van der Waals surface area contributed by atoms with Crippen molar-refractivity contribution in [1.29, 1.82) is 0 Å². The molecule has 0 amide bonds. The summed E-state index contributed by atoms with van der Waals surface area (Å²) < 4.78 is 0. The average molecular weight is 168 g/mol. The van der Waals surface area contributed by atoms with E-state index in [1.165, 1.54) is 19.1 Å². The number of carboxylic acid groups (broad SMARTS) is 1. The second-order valence-electron chi connectivity index (χ2n) is 2.51. The minimum atomic E-state index is -1.10. The van der Waals surface area contributed by atoms with E-state index in [1.807, 2.05) is 0 Å². The predicted octanol–water partition coefficient (Wildman–Crippen LogP) is 1.41. The summed E-state index contributed by atoms with van der Waals surface area (Å²) in [4.78, 5) is 21.6. The van der Waals surface area contributed by atoms with Crippen LogP contribution in [-0.2, 0) is 9.59 Å². The highest BCUT2D eigenvalue weighted by atomic mass is 16.4. The second kappa shape index (κ2) is 4.49. The molecule has 0 saturated carbocycles. The number of allylic oxidation sites excluding steroid dienone is 3. The van der Waals surface area contributed by atoms with E-state index < -0.39 is 11.9 Å². The molecule has 3 nitrogen and oxygen atoms in total. The number of ketones is 1. The molecule has 0 saturated heterocycles. The number of Topliss-reactive ketones (excluding diaryl/α,β-unsaturated/α-hetero) is 1. The lowest BCUT2D eigenvalue weighted by Crippen LogP contribution is -2.20. The Balaban J connectivity index is 4.50. The first-order chi connectivity index (χ1) is 5.50. The van der Waals surface area contributed by atoms with Gasteiger partial charge in [-0.2, -0.15) is 0 Å². The Kier molecular flexibility index (Phi) is 3.97. The highest BCUT2D eigenvalue weighted by Gasteiger charge is 2.20. The van der Waals surface area contributed by atoms with Crippen LogP contribution in [0.1, 0.15) is 13.8 Å². The first-order valence-electron chi connectivity index (χ1n) is 3.57. The summed E-state index contributed by atoms with van der Waals surface area (Å²) in [5.41, 5.74) is 0.417. The zero-order valence-corrected chi connectivity index (χ0v) is 7.20. The van der Waals surface area contributed by atoms with Crippen molar-refractivity contribution < 1.29 is 14.7 Å². The van der Waals surface area contributed by atoms with Crippen LogP contribution in [0.2, 0.25) is 0 Å². The average Bonchev–Trinajstić information content (AvgIpc) is 2.02. The maximum Gasteiger partial charge on any atom is 0.314 e. The molecule has 0 aromatic carbocycles. The van der Waals surface area contributed by atoms with Crippen LogP contribution in [0.25, 0.3) is 0 Å². The van der Waals surface area contributed by atoms with Crippen LogP contribution in [0.4, 0.5) is 0 Å². The second-order valence-corrected chi connectivity index (χ2v) is 2.51. The minimum absolute atomic E-state index is 0.373. The van der Waals surface area contributed by atoms with Crippen molar-refractivity contribution in [2.75, 3.05) is 0 Å². The highest BCUT2D eigenvalue weighted by Crippen LogP contribution is 2.06. The van der Waals surface area contributed by atoms with Gasteiger partial charge >= 0.3 is 5.97 Å². The molecule has 0 rings (SSSR count). The normalized spacial score (nSPS) is 13.7. The molecular weight excluding hydrogens is 156 g/mol. The summed E-state index contributed by atoms with van der Waals surface area (Å²) in [7, 11) is 0. The van der Waals surface area contributed by atoms with E-state index in [0.29, 0.717) is 5.57 Å². The lowest BCUT2D eigenvalue weighted by atomic mass is 10.0. The van der Waals surface area contributed by atoms with Gasteiger partial charge in [0.15, 0.2) is 5.78 Å². The first kappa shape index (κ1) is 10.6. The monoisotopic (exact) mass is 168 g/mol. The summed E-state index contributed by atoms with van der Waals surface area (Å²) >= 11 is 0. The van der Waals surface area contributed by atoms with Crippen LogP contribution < -0.4 is 0 Å². The Morgan fingerprint density at radius 3 is 2.33 bits per heavy atom. The number of carbonyl (C=O) groups excluding carboxylic acids is 1. The van der Waals surface area contributed by atoms with E-state index >= 15 is 0 Å². The minimum Gasteiger partial charge on any atom is -0.481 e. The van der Waals surface area contributed by atoms with Gasteiger partial charge in [-0.05, 0) is 19.4 Å². The third-order valence-corrected chi connectivity index (χ3v) is 1.52. The zero-order valence-electron chi connectivity index (χ0n) is 7.20.